The molecule has 2 aliphatic rings. The fourth-order valence-electron chi connectivity index (χ4n) is 4.12. The molecule has 2 aromatic rings. The number of hydrogen-bond donors (Lipinski definition) is 1. The minimum Gasteiger partial charge on any atom is -1.00 e. The molecule has 0 fully saturated rings. The molecule has 2 aliphatic heterocycles. The minimum absolute atomic E-state index is 0. The summed E-state index contributed by atoms with van der Waals surface area (Å²) in [6, 6.07) is 10.8. The molecule has 1 atom stereocenters. The number of benzene rings is 2. The average Bonchev–Trinajstić information content (AvgIpc) is 2.82. The van der Waals surface area contributed by atoms with E-state index in [0.29, 0.717) is 24.2 Å². The second kappa shape index (κ2) is 8.07. The molecule has 2 heterocycles. The van der Waals surface area contributed by atoms with Gasteiger partial charge in [0.2, 0.25) is 0 Å². The van der Waals surface area contributed by atoms with Crippen molar-refractivity contribution in [2.75, 3.05) is 18.0 Å². The molecule has 8 heteroatoms. The molecular weight excluding hydrogens is 452 g/mol. The Bertz CT molecular complexity index is 914. The lowest BCUT2D eigenvalue weighted by atomic mass is 10.0. The Labute approximate surface area is 177 Å². The van der Waals surface area contributed by atoms with Crippen molar-refractivity contribution >= 4 is 11.5 Å². The first-order chi connectivity index (χ1) is 13.3. The van der Waals surface area contributed by atoms with Crippen molar-refractivity contribution in [1.29, 1.82) is 0 Å². The Morgan fingerprint density at radius 1 is 1.00 bits per heavy atom. The number of rotatable bonds is 2. The molecule has 4 rings (SSSR count). The second-order valence-corrected chi connectivity index (χ2v) is 7.34. The minimum atomic E-state index is -4.43. The van der Waals surface area contributed by atoms with Gasteiger partial charge in [0, 0.05) is 12.0 Å². The van der Waals surface area contributed by atoms with Gasteiger partial charge in [-0.2, -0.15) is 13.2 Å². The molecule has 0 radical (unpaired) electrons. The molecule has 2 aromatic carbocycles. The van der Waals surface area contributed by atoms with Crippen molar-refractivity contribution in [3.8, 4) is 0 Å². The van der Waals surface area contributed by atoms with Crippen LogP contribution in [-0.2, 0) is 11.9 Å². The van der Waals surface area contributed by atoms with Gasteiger partial charge >= 0.3 is 6.18 Å². The van der Waals surface area contributed by atoms with Crippen molar-refractivity contribution in [3.63, 3.8) is 0 Å². The summed E-state index contributed by atoms with van der Waals surface area (Å²) in [6.07, 6.45) is -1.00. The standard InChI is InChI=1S/C21H21F4N2O.BrH/c22-17-10-8-15(9-11-17)20(28)14-26(19-7-2-1-3-12-27(19)20)18-6-4-5-16(13-18)21(23,24)25;/h4-6,8-11,13,28H,1-3,7,12,14H2;1H/q+1;/p-1. The molecule has 0 saturated carbocycles. The highest BCUT2D eigenvalue weighted by atomic mass is 79.9. The van der Waals surface area contributed by atoms with Gasteiger partial charge in [-0.05, 0) is 61.7 Å². The topological polar surface area (TPSA) is 26.5 Å². The predicted molar refractivity (Wildman–Crippen MR) is 97.7 cm³/mol. The average molecular weight is 473 g/mol. The number of alkyl halides is 3. The predicted octanol–water partition coefficient (Wildman–Crippen LogP) is 1.50. The van der Waals surface area contributed by atoms with Crippen LogP contribution in [0.4, 0.5) is 23.2 Å². The summed E-state index contributed by atoms with van der Waals surface area (Å²) < 4.78 is 54.8. The summed E-state index contributed by atoms with van der Waals surface area (Å²) in [5, 5.41) is 11.6. The molecule has 0 bridgehead atoms. The number of aliphatic hydroxyl groups is 1. The van der Waals surface area contributed by atoms with Crippen LogP contribution < -0.4 is 21.9 Å². The Hall–Kier alpha value is -1.93. The quantitative estimate of drug-likeness (QED) is 0.529. The first-order valence-corrected chi connectivity index (χ1v) is 9.36. The lowest BCUT2D eigenvalue weighted by Crippen LogP contribution is -3.00. The second-order valence-electron chi connectivity index (χ2n) is 7.34. The van der Waals surface area contributed by atoms with Crippen LogP contribution in [0, 0.1) is 5.82 Å². The zero-order valence-corrected chi connectivity index (χ0v) is 17.2. The summed E-state index contributed by atoms with van der Waals surface area (Å²) in [5.74, 6) is 0.406. The number of β-amino-alcohol motifs (C(OH)–C–C–N with tert-alkyl or cyclic N) is 1. The molecule has 0 aromatic heterocycles. The van der Waals surface area contributed by atoms with E-state index in [4.69, 9.17) is 0 Å². The monoisotopic (exact) mass is 472 g/mol. The van der Waals surface area contributed by atoms with E-state index in [1.165, 1.54) is 30.3 Å². The van der Waals surface area contributed by atoms with Crippen molar-refractivity contribution in [2.45, 2.75) is 37.6 Å². The Morgan fingerprint density at radius 2 is 1.72 bits per heavy atom. The van der Waals surface area contributed by atoms with Crippen LogP contribution in [0.25, 0.3) is 0 Å². The number of amidine groups is 1. The fourth-order valence-corrected chi connectivity index (χ4v) is 4.12. The molecule has 1 unspecified atom stereocenters. The molecule has 0 spiro atoms. The highest BCUT2D eigenvalue weighted by molar-refractivity contribution is 5.96. The van der Waals surface area contributed by atoms with Gasteiger partial charge in [0.15, 0.2) is 6.54 Å². The number of hydrogen-bond acceptors (Lipinski definition) is 2. The van der Waals surface area contributed by atoms with E-state index >= 15 is 0 Å². The SMILES string of the molecule is OC1(c2ccc(F)cc2)CN(c2cccc(C(F)(F)F)c2)C2=[N+]1CCCCC2.[Br-]. The van der Waals surface area contributed by atoms with E-state index in [9.17, 15) is 22.7 Å². The van der Waals surface area contributed by atoms with Crippen LogP contribution in [0.2, 0.25) is 0 Å². The van der Waals surface area contributed by atoms with Crippen molar-refractivity contribution in [3.05, 3.63) is 65.5 Å². The highest BCUT2D eigenvalue weighted by Crippen LogP contribution is 2.37. The van der Waals surface area contributed by atoms with E-state index in [1.54, 1.807) is 11.0 Å². The third-order valence-corrected chi connectivity index (χ3v) is 5.52. The van der Waals surface area contributed by atoms with Crippen LogP contribution in [-0.4, -0.2) is 28.6 Å². The van der Waals surface area contributed by atoms with Gasteiger partial charge in [-0.15, -0.1) is 0 Å². The largest absolute Gasteiger partial charge is 1.00 e. The molecule has 29 heavy (non-hydrogen) atoms. The maximum atomic E-state index is 13.4. The first kappa shape index (κ1) is 21.8. The third kappa shape index (κ3) is 4.05. The molecule has 0 saturated heterocycles. The third-order valence-electron chi connectivity index (χ3n) is 5.52. The van der Waals surface area contributed by atoms with Crippen molar-refractivity contribution in [1.82, 2.24) is 0 Å². The zero-order chi connectivity index (χ0) is 19.9. The lowest BCUT2D eigenvalue weighted by Gasteiger charge is -2.23. The first-order valence-electron chi connectivity index (χ1n) is 9.36. The van der Waals surface area contributed by atoms with Gasteiger partial charge in [0.05, 0.1) is 12.1 Å². The summed E-state index contributed by atoms with van der Waals surface area (Å²) >= 11 is 0. The fraction of sp³-hybridized carbons (Fsp3) is 0.381. The van der Waals surface area contributed by atoms with Gasteiger partial charge in [-0.1, -0.05) is 6.07 Å². The van der Waals surface area contributed by atoms with Crippen molar-refractivity contribution in [2.24, 2.45) is 0 Å². The lowest BCUT2D eigenvalue weighted by molar-refractivity contribution is -0.658. The zero-order valence-electron chi connectivity index (χ0n) is 15.6. The molecule has 3 nitrogen and oxygen atoms in total. The van der Waals surface area contributed by atoms with Gasteiger partial charge in [-0.25, -0.2) is 13.9 Å². The van der Waals surface area contributed by atoms with E-state index < -0.39 is 23.3 Å². The molecule has 1 N–H and O–H groups in total. The van der Waals surface area contributed by atoms with Gasteiger partial charge in [-0.3, -0.25) is 0 Å². The molecule has 0 amide bonds. The van der Waals surface area contributed by atoms with E-state index in [2.05, 4.69) is 0 Å². The Kier molecular flexibility index (Phi) is 6.06. The highest BCUT2D eigenvalue weighted by Gasteiger charge is 2.52. The summed E-state index contributed by atoms with van der Waals surface area (Å²) in [6.45, 7) is 0.688. The van der Waals surface area contributed by atoms with Gasteiger partial charge in [0.1, 0.15) is 11.5 Å². The van der Waals surface area contributed by atoms with Gasteiger partial charge < -0.3 is 22.1 Å². The van der Waals surface area contributed by atoms with E-state index in [0.717, 1.165) is 37.2 Å². The van der Waals surface area contributed by atoms with Crippen LogP contribution in [0.1, 0.15) is 36.8 Å². The normalized spacial score (nSPS) is 22.2. The summed E-state index contributed by atoms with van der Waals surface area (Å²) in [5.41, 5.74) is -1.21. The summed E-state index contributed by atoms with van der Waals surface area (Å²) in [4.78, 5) is 1.77. The number of anilines is 1. The molecule has 0 aliphatic carbocycles. The van der Waals surface area contributed by atoms with E-state index in [-0.39, 0.29) is 23.5 Å². The maximum absolute atomic E-state index is 13.4. The molecule has 156 valence electrons. The van der Waals surface area contributed by atoms with Gasteiger partial charge in [0.25, 0.3) is 11.6 Å². The van der Waals surface area contributed by atoms with Crippen LogP contribution >= 0.6 is 0 Å². The Morgan fingerprint density at radius 3 is 2.41 bits per heavy atom. The smallest absolute Gasteiger partial charge is 0.416 e. The molecular formula is C21H21BrF4N2O. The number of nitrogens with zero attached hydrogens (tertiary/aromatic N) is 2. The number of halogens is 5. The summed E-state index contributed by atoms with van der Waals surface area (Å²) in [7, 11) is 0. The Balaban J connectivity index is 0.00000240. The van der Waals surface area contributed by atoms with Crippen LogP contribution in [0.3, 0.4) is 0 Å². The van der Waals surface area contributed by atoms with Crippen LogP contribution in [0.5, 0.6) is 0 Å². The van der Waals surface area contributed by atoms with Crippen molar-refractivity contribution < 1.29 is 44.2 Å². The maximum Gasteiger partial charge on any atom is 0.416 e. The van der Waals surface area contributed by atoms with E-state index in [1.807, 2.05) is 4.58 Å². The van der Waals surface area contributed by atoms with Crippen LogP contribution in [0.15, 0.2) is 48.5 Å².